The number of halogens is 2. The van der Waals surface area contributed by atoms with E-state index in [9.17, 15) is 13.6 Å². The maximum Gasteiger partial charge on any atom is 0.358 e. The molecule has 0 radical (unpaired) electrons. The summed E-state index contributed by atoms with van der Waals surface area (Å²) < 4.78 is 33.1. The third kappa shape index (κ3) is 2.22. The molecule has 0 spiro atoms. The van der Waals surface area contributed by atoms with E-state index in [0.29, 0.717) is 25.3 Å². The fourth-order valence-corrected chi connectivity index (χ4v) is 2.00. The molecule has 7 heteroatoms. The van der Waals surface area contributed by atoms with Gasteiger partial charge in [0.15, 0.2) is 11.5 Å². The predicted molar refractivity (Wildman–Crippen MR) is 59.5 cm³/mol. The van der Waals surface area contributed by atoms with E-state index in [2.05, 4.69) is 10.3 Å². The van der Waals surface area contributed by atoms with Crippen LogP contribution in [0, 0.1) is 0 Å². The van der Waals surface area contributed by atoms with Gasteiger partial charge < -0.3 is 14.6 Å². The highest BCUT2D eigenvalue weighted by atomic mass is 19.3. The normalized spacial score (nSPS) is 15.3. The lowest BCUT2D eigenvalue weighted by molar-refractivity contribution is 0.00344. The van der Waals surface area contributed by atoms with Gasteiger partial charge in [0.2, 0.25) is 0 Å². The number of nitrogens with zero attached hydrogens (tertiary/aromatic N) is 2. The Bertz CT molecular complexity index is 466. The van der Waals surface area contributed by atoms with E-state index in [4.69, 9.17) is 4.74 Å². The average Bonchev–Trinajstić information content (AvgIpc) is 2.68. The van der Waals surface area contributed by atoms with Gasteiger partial charge >= 0.3 is 11.9 Å². The highest BCUT2D eigenvalue weighted by molar-refractivity contribution is 5.88. The number of nitrogens with one attached hydrogen (secondary N) is 1. The number of fused-ring (bicyclic) bond motifs is 1. The first kappa shape index (κ1) is 12.9. The molecule has 0 unspecified atom stereocenters. The third-order valence-corrected chi connectivity index (χ3v) is 2.74. The summed E-state index contributed by atoms with van der Waals surface area (Å²) in [6.45, 7) is 3.93. The van der Waals surface area contributed by atoms with Crippen LogP contribution in [-0.4, -0.2) is 28.7 Å². The van der Waals surface area contributed by atoms with Crippen molar-refractivity contribution in [3.8, 4) is 0 Å². The predicted octanol–water partition coefficient (Wildman–Crippen LogP) is 1.27. The quantitative estimate of drug-likeness (QED) is 0.831. The van der Waals surface area contributed by atoms with Crippen molar-refractivity contribution < 1.29 is 18.3 Å². The van der Waals surface area contributed by atoms with Crippen LogP contribution in [0.15, 0.2) is 0 Å². The van der Waals surface area contributed by atoms with E-state index in [1.165, 1.54) is 4.57 Å². The fraction of sp³-hybridized carbons (Fsp3) is 0.636. The summed E-state index contributed by atoms with van der Waals surface area (Å²) in [4.78, 5) is 15.5. The van der Waals surface area contributed by atoms with Crippen molar-refractivity contribution in [3.63, 3.8) is 0 Å². The zero-order valence-corrected chi connectivity index (χ0v) is 10.3. The van der Waals surface area contributed by atoms with E-state index >= 15 is 0 Å². The van der Waals surface area contributed by atoms with Gasteiger partial charge in [0.1, 0.15) is 0 Å². The van der Waals surface area contributed by atoms with Crippen LogP contribution < -0.4 is 5.32 Å². The molecule has 0 bridgehead atoms. The molecular formula is C11H15F2N3O2. The summed E-state index contributed by atoms with van der Waals surface area (Å²) in [5.41, 5.74) is 0.455. The number of esters is 1. The maximum absolute atomic E-state index is 13.4. The van der Waals surface area contributed by atoms with Crippen LogP contribution in [-0.2, 0) is 23.7 Å². The van der Waals surface area contributed by atoms with Crippen LogP contribution in [0.1, 0.15) is 35.9 Å². The first-order chi connectivity index (χ1) is 8.45. The monoisotopic (exact) mass is 259 g/mol. The number of aromatic nitrogens is 2. The van der Waals surface area contributed by atoms with Gasteiger partial charge in [-0.2, -0.15) is 8.78 Å². The van der Waals surface area contributed by atoms with E-state index in [-0.39, 0.29) is 18.1 Å². The minimum absolute atomic E-state index is 0.0134. The molecule has 0 saturated heterocycles. The maximum atomic E-state index is 13.4. The molecule has 1 aliphatic rings. The standard InChI is InChI=1S/C11H15F2N3O2/c1-3-18-9(17)8-7-6-14-4-5-16(7)10(15-8)11(2,12)13/h14H,3-6H2,1-2H3. The Kier molecular flexibility index (Phi) is 3.34. The van der Waals surface area contributed by atoms with Gasteiger partial charge in [0, 0.05) is 26.6 Å². The van der Waals surface area contributed by atoms with E-state index < -0.39 is 11.9 Å². The Morgan fingerprint density at radius 3 is 2.94 bits per heavy atom. The zero-order valence-electron chi connectivity index (χ0n) is 10.3. The minimum Gasteiger partial charge on any atom is -0.461 e. The molecule has 1 aromatic rings. The molecule has 18 heavy (non-hydrogen) atoms. The Hall–Kier alpha value is -1.50. The molecule has 0 atom stereocenters. The van der Waals surface area contributed by atoms with Crippen molar-refractivity contribution in [2.24, 2.45) is 0 Å². The molecular weight excluding hydrogens is 244 g/mol. The largest absolute Gasteiger partial charge is 0.461 e. The van der Waals surface area contributed by atoms with Gasteiger partial charge in [-0.25, -0.2) is 9.78 Å². The smallest absolute Gasteiger partial charge is 0.358 e. The lowest BCUT2D eigenvalue weighted by atomic mass is 10.2. The van der Waals surface area contributed by atoms with Crippen LogP contribution in [0.5, 0.6) is 0 Å². The van der Waals surface area contributed by atoms with Gasteiger partial charge in [-0.05, 0) is 6.92 Å². The van der Waals surface area contributed by atoms with E-state index in [1.807, 2.05) is 0 Å². The third-order valence-electron chi connectivity index (χ3n) is 2.74. The second-order valence-electron chi connectivity index (χ2n) is 4.17. The lowest BCUT2D eigenvalue weighted by Gasteiger charge is -2.20. The Balaban J connectivity index is 2.48. The molecule has 0 aliphatic carbocycles. The summed E-state index contributed by atoms with van der Waals surface area (Å²) in [6, 6.07) is 0. The summed E-state index contributed by atoms with van der Waals surface area (Å²) in [7, 11) is 0. The van der Waals surface area contributed by atoms with Crippen LogP contribution in [0.4, 0.5) is 8.78 Å². The molecule has 0 aromatic carbocycles. The molecule has 2 heterocycles. The van der Waals surface area contributed by atoms with Crippen molar-refractivity contribution in [1.82, 2.24) is 14.9 Å². The van der Waals surface area contributed by atoms with Gasteiger partial charge in [0.25, 0.3) is 0 Å². The fourth-order valence-electron chi connectivity index (χ4n) is 2.00. The number of alkyl halides is 2. The number of ether oxygens (including phenoxy) is 1. The van der Waals surface area contributed by atoms with Crippen LogP contribution in [0.25, 0.3) is 0 Å². The molecule has 1 N–H and O–H groups in total. The van der Waals surface area contributed by atoms with Crippen molar-refractivity contribution in [1.29, 1.82) is 0 Å². The van der Waals surface area contributed by atoms with E-state index in [0.717, 1.165) is 6.92 Å². The van der Waals surface area contributed by atoms with Crippen molar-refractivity contribution >= 4 is 5.97 Å². The van der Waals surface area contributed by atoms with Crippen molar-refractivity contribution in [3.05, 3.63) is 17.2 Å². The average molecular weight is 259 g/mol. The number of rotatable bonds is 3. The SMILES string of the molecule is CCOC(=O)c1nc(C(C)(F)F)n2c1CNCC2. The summed E-state index contributed by atoms with van der Waals surface area (Å²) in [6.07, 6.45) is 0. The molecule has 0 fully saturated rings. The van der Waals surface area contributed by atoms with Gasteiger partial charge in [-0.1, -0.05) is 0 Å². The highest BCUT2D eigenvalue weighted by Crippen LogP contribution is 2.29. The summed E-state index contributed by atoms with van der Waals surface area (Å²) in [5.74, 6) is -4.10. The van der Waals surface area contributed by atoms with Gasteiger partial charge in [-0.3, -0.25) is 0 Å². The van der Waals surface area contributed by atoms with Crippen LogP contribution in [0.3, 0.4) is 0 Å². The van der Waals surface area contributed by atoms with Crippen molar-refractivity contribution in [2.45, 2.75) is 32.9 Å². The lowest BCUT2D eigenvalue weighted by Crippen LogP contribution is -2.31. The Morgan fingerprint density at radius 1 is 1.61 bits per heavy atom. The summed E-state index contributed by atoms with van der Waals surface area (Å²) >= 11 is 0. The topological polar surface area (TPSA) is 56.1 Å². The molecule has 1 aromatic heterocycles. The van der Waals surface area contributed by atoms with Gasteiger partial charge in [-0.15, -0.1) is 0 Å². The first-order valence-corrected chi connectivity index (χ1v) is 5.80. The molecule has 1 aliphatic heterocycles. The molecule has 2 rings (SSSR count). The molecule has 100 valence electrons. The molecule has 5 nitrogen and oxygen atoms in total. The Labute approximate surface area is 103 Å². The number of imidazole rings is 1. The van der Waals surface area contributed by atoms with Crippen molar-refractivity contribution in [2.75, 3.05) is 13.2 Å². The van der Waals surface area contributed by atoms with Gasteiger partial charge in [0.05, 0.1) is 12.3 Å². The first-order valence-electron chi connectivity index (χ1n) is 5.80. The Morgan fingerprint density at radius 2 is 2.33 bits per heavy atom. The highest BCUT2D eigenvalue weighted by Gasteiger charge is 2.36. The van der Waals surface area contributed by atoms with Crippen LogP contribution >= 0.6 is 0 Å². The second kappa shape index (κ2) is 4.64. The number of hydrogen-bond donors (Lipinski definition) is 1. The minimum atomic E-state index is -3.07. The second-order valence-corrected chi connectivity index (χ2v) is 4.17. The van der Waals surface area contributed by atoms with E-state index in [1.54, 1.807) is 6.92 Å². The molecule has 0 saturated carbocycles. The number of carbonyl (C=O) groups is 1. The molecule has 0 amide bonds. The summed E-state index contributed by atoms with van der Waals surface area (Å²) in [5, 5.41) is 3.03. The van der Waals surface area contributed by atoms with Crippen LogP contribution in [0.2, 0.25) is 0 Å². The zero-order chi connectivity index (χ0) is 13.3. The number of carbonyl (C=O) groups excluding carboxylic acids is 1. The number of hydrogen-bond acceptors (Lipinski definition) is 4.